The zero-order chi connectivity index (χ0) is 14.9. The van der Waals surface area contributed by atoms with Crippen molar-refractivity contribution in [3.05, 3.63) is 18.0 Å². The van der Waals surface area contributed by atoms with Crippen LogP contribution in [-0.2, 0) is 14.8 Å². The lowest BCUT2D eigenvalue weighted by atomic mass is 10.0. The van der Waals surface area contributed by atoms with Gasteiger partial charge in [-0.2, -0.15) is 5.10 Å². The summed E-state index contributed by atoms with van der Waals surface area (Å²) in [5, 5.41) is 7.06. The number of H-pyrrole nitrogens is 1. The monoisotopic (exact) mass is 314 g/mol. The molecule has 0 aromatic carbocycles. The molecule has 3 rings (SSSR count). The summed E-state index contributed by atoms with van der Waals surface area (Å²) in [6.45, 7) is 3.49. The highest BCUT2D eigenvalue weighted by Gasteiger charge is 2.34. The Labute approximate surface area is 125 Å². The lowest BCUT2D eigenvalue weighted by Crippen LogP contribution is -2.51. The molecular weight excluding hydrogens is 292 g/mol. The van der Waals surface area contributed by atoms with Gasteiger partial charge in [-0.25, -0.2) is 12.7 Å². The maximum absolute atomic E-state index is 11.6. The molecule has 0 amide bonds. The molecule has 21 heavy (non-hydrogen) atoms. The van der Waals surface area contributed by atoms with Crippen LogP contribution in [0.5, 0.6) is 0 Å². The van der Waals surface area contributed by atoms with E-state index >= 15 is 0 Å². The quantitative estimate of drug-likeness (QED) is 0.863. The number of piperidine rings is 1. The fraction of sp³-hybridized carbons (Fsp3) is 0.769. The first kappa shape index (κ1) is 15.0. The van der Waals surface area contributed by atoms with Gasteiger partial charge in [0.15, 0.2) is 0 Å². The summed E-state index contributed by atoms with van der Waals surface area (Å²) >= 11 is 0. The molecule has 2 fully saturated rings. The molecule has 0 aliphatic carbocycles. The van der Waals surface area contributed by atoms with E-state index < -0.39 is 10.0 Å². The van der Waals surface area contributed by atoms with E-state index in [0.29, 0.717) is 25.7 Å². The first-order valence-electron chi connectivity index (χ1n) is 7.33. The van der Waals surface area contributed by atoms with Crippen LogP contribution >= 0.6 is 0 Å². The minimum absolute atomic E-state index is 0.191. The van der Waals surface area contributed by atoms with Crippen molar-refractivity contribution >= 4 is 10.0 Å². The smallest absolute Gasteiger partial charge is 0.211 e. The van der Waals surface area contributed by atoms with Crippen LogP contribution < -0.4 is 0 Å². The summed E-state index contributed by atoms with van der Waals surface area (Å²) in [7, 11) is -3.06. The van der Waals surface area contributed by atoms with E-state index in [1.807, 2.05) is 6.07 Å². The Morgan fingerprint density at radius 1 is 1.33 bits per heavy atom. The minimum Gasteiger partial charge on any atom is -0.378 e. The van der Waals surface area contributed by atoms with Crippen LogP contribution in [0.1, 0.15) is 24.6 Å². The average molecular weight is 314 g/mol. The number of sulfonamides is 1. The van der Waals surface area contributed by atoms with Crippen molar-refractivity contribution in [1.82, 2.24) is 19.4 Å². The molecule has 0 radical (unpaired) electrons. The maximum Gasteiger partial charge on any atom is 0.211 e. The molecule has 1 N–H and O–H groups in total. The molecule has 1 aromatic heterocycles. The number of nitrogens with zero attached hydrogens (tertiary/aromatic N) is 3. The van der Waals surface area contributed by atoms with Crippen molar-refractivity contribution in [1.29, 1.82) is 0 Å². The van der Waals surface area contributed by atoms with Crippen molar-refractivity contribution in [2.45, 2.75) is 24.9 Å². The largest absolute Gasteiger partial charge is 0.378 e. The van der Waals surface area contributed by atoms with Gasteiger partial charge in [-0.05, 0) is 18.9 Å². The Morgan fingerprint density at radius 2 is 2.10 bits per heavy atom. The molecule has 0 bridgehead atoms. The Kier molecular flexibility index (Phi) is 4.30. The van der Waals surface area contributed by atoms with Crippen LogP contribution in [0.15, 0.2) is 12.3 Å². The van der Waals surface area contributed by atoms with Gasteiger partial charge in [0.1, 0.15) is 0 Å². The highest BCUT2D eigenvalue weighted by Crippen LogP contribution is 2.29. The van der Waals surface area contributed by atoms with Crippen molar-refractivity contribution in [3.8, 4) is 0 Å². The molecule has 0 spiro atoms. The van der Waals surface area contributed by atoms with Gasteiger partial charge in [-0.15, -0.1) is 0 Å². The van der Waals surface area contributed by atoms with Crippen LogP contribution in [0.25, 0.3) is 0 Å². The van der Waals surface area contributed by atoms with E-state index in [1.165, 1.54) is 6.26 Å². The van der Waals surface area contributed by atoms with E-state index in [2.05, 4.69) is 15.1 Å². The predicted octanol–water partition coefficient (Wildman–Crippen LogP) is 0.207. The van der Waals surface area contributed by atoms with Gasteiger partial charge in [-0.3, -0.25) is 10.00 Å². The second-order valence-corrected chi connectivity index (χ2v) is 7.72. The molecule has 7 nitrogen and oxygen atoms in total. The van der Waals surface area contributed by atoms with Crippen molar-refractivity contribution in [2.24, 2.45) is 0 Å². The van der Waals surface area contributed by atoms with Crippen molar-refractivity contribution < 1.29 is 13.2 Å². The van der Waals surface area contributed by atoms with Crippen molar-refractivity contribution in [2.75, 3.05) is 39.1 Å². The molecule has 2 saturated heterocycles. The molecule has 118 valence electrons. The second-order valence-electron chi connectivity index (χ2n) is 5.73. The molecule has 2 aliphatic rings. The van der Waals surface area contributed by atoms with Crippen LogP contribution in [0.3, 0.4) is 0 Å². The van der Waals surface area contributed by atoms with Gasteiger partial charge in [0.2, 0.25) is 10.0 Å². The van der Waals surface area contributed by atoms with Crippen LogP contribution in [-0.4, -0.2) is 73.0 Å². The number of aromatic nitrogens is 2. The van der Waals surface area contributed by atoms with E-state index in [0.717, 1.165) is 31.7 Å². The van der Waals surface area contributed by atoms with Gasteiger partial charge in [0.05, 0.1) is 31.2 Å². The number of aromatic amines is 1. The SMILES string of the molecule is CS(=O)(=O)N1CCC(N2CCOC[C@H]2c2ccn[nH]2)CC1. The zero-order valence-electron chi connectivity index (χ0n) is 12.2. The number of rotatable bonds is 3. The molecule has 8 heteroatoms. The fourth-order valence-corrected chi connectivity index (χ4v) is 4.15. The van der Waals surface area contributed by atoms with E-state index in [9.17, 15) is 8.42 Å². The first-order chi connectivity index (χ1) is 10.1. The molecular formula is C13H22N4O3S. The Balaban J connectivity index is 1.68. The summed E-state index contributed by atoms with van der Waals surface area (Å²) in [5.74, 6) is 0. The molecule has 3 heterocycles. The molecule has 1 atom stereocenters. The number of ether oxygens (including phenoxy) is 1. The van der Waals surface area contributed by atoms with E-state index in [-0.39, 0.29) is 6.04 Å². The highest BCUT2D eigenvalue weighted by atomic mass is 32.2. The second kappa shape index (κ2) is 6.04. The first-order valence-corrected chi connectivity index (χ1v) is 9.18. The summed E-state index contributed by atoms with van der Waals surface area (Å²) in [6, 6.07) is 2.58. The van der Waals surface area contributed by atoms with Gasteiger partial charge in [0, 0.05) is 31.9 Å². The van der Waals surface area contributed by atoms with Crippen molar-refractivity contribution in [3.63, 3.8) is 0 Å². The highest BCUT2D eigenvalue weighted by molar-refractivity contribution is 7.88. The zero-order valence-corrected chi connectivity index (χ0v) is 13.1. The van der Waals surface area contributed by atoms with E-state index in [1.54, 1.807) is 10.5 Å². The standard InChI is InChI=1S/C13H22N4O3S/c1-21(18,19)16-6-3-11(4-7-16)17-8-9-20-10-13(17)12-2-5-14-15-12/h2,5,11,13H,3-4,6-10H2,1H3,(H,14,15)/t13-/m0/s1. The molecule has 1 aromatic rings. The minimum atomic E-state index is -3.06. The third-order valence-corrected chi connectivity index (χ3v) is 5.72. The lowest BCUT2D eigenvalue weighted by Gasteiger charge is -2.43. The van der Waals surface area contributed by atoms with Crippen LogP contribution in [0, 0.1) is 0 Å². The number of hydrogen-bond acceptors (Lipinski definition) is 5. The van der Waals surface area contributed by atoms with Gasteiger partial charge in [-0.1, -0.05) is 0 Å². The van der Waals surface area contributed by atoms with Gasteiger partial charge in [0.25, 0.3) is 0 Å². The molecule has 2 aliphatic heterocycles. The van der Waals surface area contributed by atoms with Gasteiger partial charge < -0.3 is 4.74 Å². The topological polar surface area (TPSA) is 78.5 Å². The predicted molar refractivity (Wildman–Crippen MR) is 78.3 cm³/mol. The third-order valence-electron chi connectivity index (χ3n) is 4.41. The summed E-state index contributed by atoms with van der Waals surface area (Å²) in [4.78, 5) is 2.44. The summed E-state index contributed by atoms with van der Waals surface area (Å²) < 4.78 is 30.4. The normalized spacial score (nSPS) is 27.0. The molecule has 0 saturated carbocycles. The maximum atomic E-state index is 11.6. The Bertz CT molecular complexity index is 552. The summed E-state index contributed by atoms with van der Waals surface area (Å²) in [5.41, 5.74) is 1.07. The Hall–Kier alpha value is -0.960. The fourth-order valence-electron chi connectivity index (χ4n) is 3.28. The third kappa shape index (κ3) is 3.28. The summed E-state index contributed by atoms with van der Waals surface area (Å²) in [6.07, 6.45) is 4.79. The average Bonchev–Trinajstić information content (AvgIpc) is 3.01. The van der Waals surface area contributed by atoms with Gasteiger partial charge >= 0.3 is 0 Å². The van der Waals surface area contributed by atoms with Crippen LogP contribution in [0.2, 0.25) is 0 Å². The number of morpholine rings is 1. The lowest BCUT2D eigenvalue weighted by molar-refractivity contribution is -0.0405. The number of nitrogens with one attached hydrogen (secondary N) is 1. The Morgan fingerprint density at radius 3 is 2.71 bits per heavy atom. The molecule has 0 unspecified atom stereocenters. The number of hydrogen-bond donors (Lipinski definition) is 1. The van der Waals surface area contributed by atoms with E-state index in [4.69, 9.17) is 4.74 Å². The van der Waals surface area contributed by atoms with Crippen LogP contribution in [0.4, 0.5) is 0 Å².